The average Bonchev–Trinajstić information content (AvgIpc) is 2.66. The first kappa shape index (κ1) is 13.2. The zero-order valence-electron chi connectivity index (χ0n) is 10.3. The van der Waals surface area contributed by atoms with Gasteiger partial charge in [-0.15, -0.1) is 0 Å². The maximum atomic E-state index is 12.6. The van der Waals surface area contributed by atoms with E-state index in [2.05, 4.69) is 4.90 Å². The Kier molecular flexibility index (Phi) is 3.52. The lowest BCUT2D eigenvalue weighted by Crippen LogP contribution is -2.27. The fourth-order valence-electron chi connectivity index (χ4n) is 2.45. The number of nitrogens with zero attached hydrogens (tertiary/aromatic N) is 1. The van der Waals surface area contributed by atoms with Crippen LogP contribution in [0.4, 0.5) is 18.9 Å². The van der Waals surface area contributed by atoms with Crippen molar-refractivity contribution in [2.75, 3.05) is 19.3 Å². The molecule has 1 unspecified atom stereocenters. The topological polar surface area (TPSA) is 29.3 Å². The fraction of sp³-hybridized carbons (Fsp3) is 0.538. The summed E-state index contributed by atoms with van der Waals surface area (Å²) in [6, 6.07) is 3.88. The minimum Gasteiger partial charge on any atom is -0.399 e. The Bertz CT molecular complexity index is 429. The van der Waals surface area contributed by atoms with Crippen molar-refractivity contribution in [2.45, 2.75) is 31.5 Å². The first-order valence-electron chi connectivity index (χ1n) is 6.04. The summed E-state index contributed by atoms with van der Waals surface area (Å²) in [6.45, 7) is 1.00. The largest absolute Gasteiger partial charge is 0.416 e. The van der Waals surface area contributed by atoms with Crippen LogP contribution in [0.25, 0.3) is 0 Å². The third-order valence-corrected chi connectivity index (χ3v) is 3.60. The van der Waals surface area contributed by atoms with Gasteiger partial charge in [-0.25, -0.2) is 0 Å². The number of rotatable bonds is 2. The lowest BCUT2D eigenvalue weighted by Gasteiger charge is -2.20. The summed E-state index contributed by atoms with van der Waals surface area (Å²) in [5.41, 5.74) is 6.20. The number of alkyl halides is 3. The second-order valence-electron chi connectivity index (χ2n) is 4.89. The highest BCUT2D eigenvalue weighted by Crippen LogP contribution is 2.32. The van der Waals surface area contributed by atoms with E-state index in [-0.39, 0.29) is 0 Å². The molecule has 2 rings (SSSR count). The second kappa shape index (κ2) is 4.80. The van der Waals surface area contributed by atoms with Gasteiger partial charge in [0.1, 0.15) is 0 Å². The molecule has 2 N–H and O–H groups in total. The van der Waals surface area contributed by atoms with Crippen LogP contribution in [0.3, 0.4) is 0 Å². The van der Waals surface area contributed by atoms with Crippen LogP contribution in [0.5, 0.6) is 0 Å². The number of halogens is 3. The Labute approximate surface area is 105 Å². The summed E-state index contributed by atoms with van der Waals surface area (Å²) in [5.74, 6) is 0. The maximum Gasteiger partial charge on any atom is 0.416 e. The van der Waals surface area contributed by atoms with Crippen molar-refractivity contribution in [1.82, 2.24) is 4.90 Å². The van der Waals surface area contributed by atoms with Gasteiger partial charge < -0.3 is 10.6 Å². The van der Waals surface area contributed by atoms with Crippen molar-refractivity contribution in [3.8, 4) is 0 Å². The molecule has 0 amide bonds. The maximum absolute atomic E-state index is 12.6. The molecule has 0 spiro atoms. The molecule has 0 bridgehead atoms. The van der Waals surface area contributed by atoms with Crippen LogP contribution in [-0.4, -0.2) is 24.5 Å². The SMILES string of the molecule is CN1CCCC1Cc1cc(C(F)(F)F)ccc1N. The number of nitrogens with two attached hydrogens (primary N) is 1. The number of anilines is 1. The van der Waals surface area contributed by atoms with Gasteiger partial charge in [0.2, 0.25) is 0 Å². The number of likely N-dealkylation sites (tertiary alicyclic amines) is 1. The van der Waals surface area contributed by atoms with Gasteiger partial charge in [-0.2, -0.15) is 13.2 Å². The van der Waals surface area contributed by atoms with Gasteiger partial charge in [-0.3, -0.25) is 0 Å². The van der Waals surface area contributed by atoms with E-state index in [0.29, 0.717) is 23.7 Å². The number of likely N-dealkylation sites (N-methyl/N-ethyl adjacent to an activating group) is 1. The Morgan fingerprint density at radius 3 is 2.67 bits per heavy atom. The highest BCUT2D eigenvalue weighted by atomic mass is 19.4. The summed E-state index contributed by atoms with van der Waals surface area (Å²) < 4.78 is 37.9. The van der Waals surface area contributed by atoms with E-state index < -0.39 is 11.7 Å². The molecule has 0 aliphatic carbocycles. The predicted octanol–water partition coefficient (Wildman–Crippen LogP) is 2.92. The van der Waals surface area contributed by atoms with Crippen LogP contribution >= 0.6 is 0 Å². The first-order valence-corrected chi connectivity index (χ1v) is 6.04. The first-order chi connectivity index (χ1) is 8.38. The third-order valence-electron chi connectivity index (χ3n) is 3.60. The minimum absolute atomic E-state index is 0.302. The number of nitrogen functional groups attached to an aromatic ring is 1. The van der Waals surface area contributed by atoms with Crippen LogP contribution in [0.15, 0.2) is 18.2 Å². The molecular weight excluding hydrogens is 241 g/mol. The highest BCUT2D eigenvalue weighted by molar-refractivity contribution is 5.49. The van der Waals surface area contributed by atoms with E-state index in [1.165, 1.54) is 12.1 Å². The predicted molar refractivity (Wildman–Crippen MR) is 65.2 cm³/mol. The van der Waals surface area contributed by atoms with Crippen LogP contribution in [0.1, 0.15) is 24.0 Å². The molecule has 0 radical (unpaired) electrons. The van der Waals surface area contributed by atoms with Crippen molar-refractivity contribution in [3.05, 3.63) is 29.3 Å². The van der Waals surface area contributed by atoms with Gasteiger partial charge in [-0.05, 0) is 56.6 Å². The number of hydrogen-bond donors (Lipinski definition) is 1. The normalized spacial score (nSPS) is 21.4. The van der Waals surface area contributed by atoms with Crippen LogP contribution in [0, 0.1) is 0 Å². The standard InChI is InChI=1S/C13H17F3N2/c1-18-6-2-3-11(18)8-9-7-10(13(14,15)16)4-5-12(9)17/h4-5,7,11H,2-3,6,8,17H2,1H3. The quantitative estimate of drug-likeness (QED) is 0.826. The zero-order valence-corrected chi connectivity index (χ0v) is 10.3. The van der Waals surface area contributed by atoms with Crippen LogP contribution in [-0.2, 0) is 12.6 Å². The average molecular weight is 258 g/mol. The van der Waals surface area contributed by atoms with Crippen LogP contribution in [0.2, 0.25) is 0 Å². The van der Waals surface area contributed by atoms with Crippen molar-refractivity contribution in [1.29, 1.82) is 0 Å². The molecule has 5 heteroatoms. The van der Waals surface area contributed by atoms with E-state index in [1.54, 1.807) is 0 Å². The summed E-state index contributed by atoms with van der Waals surface area (Å²) in [6.07, 6.45) is -1.59. The number of benzene rings is 1. The van der Waals surface area contributed by atoms with Gasteiger partial charge in [0.05, 0.1) is 5.56 Å². The lowest BCUT2D eigenvalue weighted by molar-refractivity contribution is -0.137. The van der Waals surface area contributed by atoms with E-state index in [0.717, 1.165) is 25.5 Å². The van der Waals surface area contributed by atoms with Gasteiger partial charge in [0.15, 0.2) is 0 Å². The van der Waals surface area contributed by atoms with E-state index >= 15 is 0 Å². The summed E-state index contributed by atoms with van der Waals surface area (Å²) >= 11 is 0. The summed E-state index contributed by atoms with van der Waals surface area (Å²) in [5, 5.41) is 0. The smallest absolute Gasteiger partial charge is 0.399 e. The van der Waals surface area contributed by atoms with Gasteiger partial charge in [0.25, 0.3) is 0 Å². The monoisotopic (exact) mass is 258 g/mol. The van der Waals surface area contributed by atoms with Crippen LogP contribution < -0.4 is 5.73 Å². The molecule has 1 saturated heterocycles. The molecule has 1 aliphatic rings. The number of hydrogen-bond acceptors (Lipinski definition) is 2. The molecule has 1 atom stereocenters. The Balaban J connectivity index is 2.21. The van der Waals surface area contributed by atoms with E-state index in [4.69, 9.17) is 5.73 Å². The molecule has 1 fully saturated rings. The lowest BCUT2D eigenvalue weighted by atomic mass is 10.00. The van der Waals surface area contributed by atoms with Gasteiger partial charge >= 0.3 is 6.18 Å². The Morgan fingerprint density at radius 2 is 2.11 bits per heavy atom. The molecule has 1 aliphatic heterocycles. The molecule has 1 aromatic carbocycles. The Morgan fingerprint density at radius 1 is 1.39 bits per heavy atom. The van der Waals surface area contributed by atoms with Crippen molar-refractivity contribution in [3.63, 3.8) is 0 Å². The Hall–Kier alpha value is -1.23. The molecule has 0 aromatic heterocycles. The molecule has 18 heavy (non-hydrogen) atoms. The van der Waals surface area contributed by atoms with Crippen molar-refractivity contribution in [2.24, 2.45) is 0 Å². The molecule has 0 saturated carbocycles. The molecular formula is C13H17F3N2. The molecule has 2 nitrogen and oxygen atoms in total. The molecule has 100 valence electrons. The zero-order chi connectivity index (χ0) is 13.3. The highest BCUT2D eigenvalue weighted by Gasteiger charge is 2.31. The van der Waals surface area contributed by atoms with E-state index in [1.807, 2.05) is 7.05 Å². The van der Waals surface area contributed by atoms with Gasteiger partial charge in [0, 0.05) is 11.7 Å². The minimum atomic E-state index is -4.30. The molecule has 1 aromatic rings. The van der Waals surface area contributed by atoms with Gasteiger partial charge in [-0.1, -0.05) is 0 Å². The summed E-state index contributed by atoms with van der Waals surface area (Å²) in [4.78, 5) is 2.18. The van der Waals surface area contributed by atoms with Crippen molar-refractivity contribution >= 4 is 5.69 Å². The summed E-state index contributed by atoms with van der Waals surface area (Å²) in [7, 11) is 2.00. The fourth-order valence-corrected chi connectivity index (χ4v) is 2.45. The third kappa shape index (κ3) is 2.77. The second-order valence-corrected chi connectivity index (χ2v) is 4.89. The van der Waals surface area contributed by atoms with Crippen molar-refractivity contribution < 1.29 is 13.2 Å². The van der Waals surface area contributed by atoms with E-state index in [9.17, 15) is 13.2 Å². The molecule has 1 heterocycles.